The van der Waals surface area contributed by atoms with Crippen molar-refractivity contribution in [2.45, 2.75) is 51.6 Å². The maximum absolute atomic E-state index is 11.2. The van der Waals surface area contributed by atoms with Gasteiger partial charge < -0.3 is 16.8 Å². The highest BCUT2D eigenvalue weighted by Gasteiger charge is 2.42. The average Bonchev–Trinajstić information content (AvgIpc) is 2.49. The van der Waals surface area contributed by atoms with Gasteiger partial charge in [-0.25, -0.2) is 4.99 Å². The number of carbonyl (C=O) groups is 1. The number of carbonyl (C=O) groups excluding carboxylic acids is 1. The minimum atomic E-state index is -0.450. The van der Waals surface area contributed by atoms with E-state index >= 15 is 0 Å². The zero-order valence-electron chi connectivity index (χ0n) is 14.2. The van der Waals surface area contributed by atoms with Crippen LogP contribution in [-0.2, 0) is 4.79 Å². The van der Waals surface area contributed by atoms with Gasteiger partial charge in [-0.15, -0.1) is 0 Å². The summed E-state index contributed by atoms with van der Waals surface area (Å²) in [6.45, 7) is 3.49. The summed E-state index contributed by atoms with van der Waals surface area (Å²) < 4.78 is 0. The number of guanidine groups is 2. The molecule has 1 heterocycles. The van der Waals surface area contributed by atoms with E-state index in [9.17, 15) is 4.79 Å². The zero-order chi connectivity index (χ0) is 17.3. The molecule has 7 heteroatoms. The fourth-order valence-corrected chi connectivity index (χ4v) is 3.66. The second kappa shape index (κ2) is 6.14. The van der Waals surface area contributed by atoms with E-state index in [0.29, 0.717) is 5.96 Å². The molecule has 128 valence electrons. The van der Waals surface area contributed by atoms with Crippen LogP contribution < -0.4 is 21.7 Å². The van der Waals surface area contributed by atoms with Crippen molar-refractivity contribution < 1.29 is 4.79 Å². The van der Waals surface area contributed by atoms with Crippen molar-refractivity contribution in [2.75, 3.05) is 10.2 Å². The summed E-state index contributed by atoms with van der Waals surface area (Å²) in [6.07, 6.45) is 5.17. The monoisotopic (exact) mass is 328 g/mol. The lowest BCUT2D eigenvalue weighted by molar-refractivity contribution is -0.114. The summed E-state index contributed by atoms with van der Waals surface area (Å²) in [5, 5.41) is 2.80. The molecule has 0 radical (unpaired) electrons. The first kappa shape index (κ1) is 16.3. The Labute approximate surface area is 141 Å². The van der Waals surface area contributed by atoms with Gasteiger partial charge >= 0.3 is 0 Å². The molecule has 0 bridgehead atoms. The average molecular weight is 328 g/mol. The van der Waals surface area contributed by atoms with Gasteiger partial charge in [0, 0.05) is 18.3 Å². The number of benzene rings is 1. The molecule has 24 heavy (non-hydrogen) atoms. The highest BCUT2D eigenvalue weighted by atomic mass is 16.1. The van der Waals surface area contributed by atoms with Crippen molar-refractivity contribution >= 4 is 29.2 Å². The number of anilines is 2. The highest BCUT2D eigenvalue weighted by Crippen LogP contribution is 2.40. The third-order valence-electron chi connectivity index (χ3n) is 4.61. The fourth-order valence-electron chi connectivity index (χ4n) is 3.66. The third kappa shape index (κ3) is 2.93. The number of hydrogen-bond donors (Lipinski definition) is 3. The van der Waals surface area contributed by atoms with Gasteiger partial charge in [-0.05, 0) is 56.4 Å². The molecule has 0 atom stereocenters. The molecule has 1 aliphatic carbocycles. The van der Waals surface area contributed by atoms with E-state index in [-0.39, 0.29) is 11.9 Å². The zero-order valence-corrected chi connectivity index (χ0v) is 14.2. The number of rotatable bonds is 2. The van der Waals surface area contributed by atoms with E-state index < -0.39 is 5.66 Å². The number of aliphatic imine (C=N–C) groups is 2. The Morgan fingerprint density at radius 1 is 1.25 bits per heavy atom. The van der Waals surface area contributed by atoms with E-state index in [1.165, 1.54) is 13.3 Å². The van der Waals surface area contributed by atoms with Gasteiger partial charge in [0.15, 0.2) is 0 Å². The smallest absolute Gasteiger partial charge is 0.221 e. The molecular weight excluding hydrogens is 304 g/mol. The number of amides is 1. The second-order valence-electron chi connectivity index (χ2n) is 6.50. The Kier molecular flexibility index (Phi) is 4.17. The molecule has 1 fully saturated rings. The molecule has 1 spiro atoms. The minimum absolute atomic E-state index is 0.0951. The van der Waals surface area contributed by atoms with Crippen LogP contribution in [0.1, 0.15) is 44.6 Å². The SMILES string of the molecule is CC(=O)Nc1ccc(N2C(N)=NC(N)=NC23CCCCC3)c(C)c1. The highest BCUT2D eigenvalue weighted by molar-refractivity contribution is 6.06. The summed E-state index contributed by atoms with van der Waals surface area (Å²) in [5.41, 5.74) is 14.4. The van der Waals surface area contributed by atoms with Gasteiger partial charge in [-0.3, -0.25) is 9.69 Å². The summed E-state index contributed by atoms with van der Waals surface area (Å²) in [4.78, 5) is 22.1. The Morgan fingerprint density at radius 2 is 1.96 bits per heavy atom. The largest absolute Gasteiger partial charge is 0.369 e. The molecule has 2 aliphatic rings. The van der Waals surface area contributed by atoms with Crippen LogP contribution in [0.15, 0.2) is 28.2 Å². The Bertz CT molecular complexity index is 718. The topological polar surface area (TPSA) is 109 Å². The lowest BCUT2D eigenvalue weighted by Crippen LogP contribution is -2.58. The quantitative estimate of drug-likeness (QED) is 0.772. The van der Waals surface area contributed by atoms with E-state index in [1.54, 1.807) is 0 Å². The number of nitrogens with two attached hydrogens (primary N) is 2. The van der Waals surface area contributed by atoms with Gasteiger partial charge in [0.2, 0.25) is 17.8 Å². The molecule has 1 amide bonds. The Morgan fingerprint density at radius 3 is 2.58 bits per heavy atom. The molecule has 0 aromatic heterocycles. The van der Waals surface area contributed by atoms with Gasteiger partial charge in [-0.2, -0.15) is 4.99 Å². The van der Waals surface area contributed by atoms with Crippen LogP contribution in [-0.4, -0.2) is 23.5 Å². The van der Waals surface area contributed by atoms with Crippen molar-refractivity contribution in [3.63, 3.8) is 0 Å². The summed E-state index contributed by atoms with van der Waals surface area (Å²) in [7, 11) is 0. The van der Waals surface area contributed by atoms with Crippen molar-refractivity contribution in [1.29, 1.82) is 0 Å². The predicted molar refractivity (Wildman–Crippen MR) is 97.0 cm³/mol. The van der Waals surface area contributed by atoms with Crippen LogP contribution in [0.25, 0.3) is 0 Å². The summed E-state index contributed by atoms with van der Waals surface area (Å²) in [6, 6.07) is 5.76. The van der Waals surface area contributed by atoms with E-state index in [4.69, 9.17) is 11.5 Å². The molecule has 7 nitrogen and oxygen atoms in total. The molecule has 0 unspecified atom stereocenters. The third-order valence-corrected chi connectivity index (χ3v) is 4.61. The second-order valence-corrected chi connectivity index (χ2v) is 6.50. The maximum Gasteiger partial charge on any atom is 0.221 e. The lowest BCUT2D eigenvalue weighted by Gasteiger charge is -2.46. The van der Waals surface area contributed by atoms with Crippen LogP contribution >= 0.6 is 0 Å². The predicted octanol–water partition coefficient (Wildman–Crippen LogP) is 2.06. The Hall–Kier alpha value is -2.57. The van der Waals surface area contributed by atoms with Gasteiger partial charge in [0.25, 0.3) is 0 Å². The standard InChI is InChI=1S/C17H24N6O/c1-11-10-13(20-12(2)24)6-7-14(11)23-16(19)21-15(18)22-17(23)8-4-3-5-9-17/h6-7,10H,3-5,8-9H2,1-2H3,(H,20,24)(H4,18,19,21,22). The molecule has 1 aliphatic heterocycles. The van der Waals surface area contributed by atoms with Gasteiger partial charge in [0.05, 0.1) is 0 Å². The Balaban J connectivity index is 2.02. The van der Waals surface area contributed by atoms with Gasteiger partial charge in [-0.1, -0.05) is 6.42 Å². The van der Waals surface area contributed by atoms with Crippen LogP contribution in [0, 0.1) is 6.92 Å². The maximum atomic E-state index is 11.2. The molecule has 1 saturated carbocycles. The first-order valence-corrected chi connectivity index (χ1v) is 8.29. The minimum Gasteiger partial charge on any atom is -0.369 e. The molecule has 5 N–H and O–H groups in total. The lowest BCUT2D eigenvalue weighted by atomic mass is 9.87. The van der Waals surface area contributed by atoms with Crippen molar-refractivity contribution in [3.05, 3.63) is 23.8 Å². The number of nitrogens with one attached hydrogen (secondary N) is 1. The summed E-state index contributed by atoms with van der Waals surface area (Å²) in [5.74, 6) is 0.528. The first-order chi connectivity index (χ1) is 11.4. The van der Waals surface area contributed by atoms with Crippen LogP contribution in [0.4, 0.5) is 11.4 Å². The molecule has 1 aromatic carbocycles. The van der Waals surface area contributed by atoms with Crippen molar-refractivity contribution in [3.8, 4) is 0 Å². The number of nitrogens with zero attached hydrogens (tertiary/aromatic N) is 3. The molecular formula is C17H24N6O. The van der Waals surface area contributed by atoms with E-state index in [2.05, 4.69) is 15.3 Å². The van der Waals surface area contributed by atoms with E-state index in [0.717, 1.165) is 42.6 Å². The van der Waals surface area contributed by atoms with Crippen LogP contribution in [0.3, 0.4) is 0 Å². The fraction of sp³-hybridized carbons (Fsp3) is 0.471. The van der Waals surface area contributed by atoms with Crippen molar-refractivity contribution in [2.24, 2.45) is 21.5 Å². The van der Waals surface area contributed by atoms with Crippen LogP contribution in [0.2, 0.25) is 0 Å². The van der Waals surface area contributed by atoms with Gasteiger partial charge in [0.1, 0.15) is 5.66 Å². The number of aryl methyl sites for hydroxylation is 1. The first-order valence-electron chi connectivity index (χ1n) is 8.29. The molecule has 1 aromatic rings. The molecule has 3 rings (SSSR count). The van der Waals surface area contributed by atoms with E-state index in [1.807, 2.05) is 30.0 Å². The normalized spacial score (nSPS) is 19.7. The molecule has 0 saturated heterocycles. The summed E-state index contributed by atoms with van der Waals surface area (Å²) >= 11 is 0. The van der Waals surface area contributed by atoms with Crippen LogP contribution in [0.5, 0.6) is 0 Å². The van der Waals surface area contributed by atoms with Crippen molar-refractivity contribution in [1.82, 2.24) is 0 Å². The number of hydrogen-bond acceptors (Lipinski definition) is 6.